The van der Waals surface area contributed by atoms with Crippen LogP contribution >= 0.6 is 22.7 Å². The molecule has 4 aromatic heterocycles. The number of piperidine rings is 2. The Morgan fingerprint density at radius 1 is 0.804 bits per heavy atom. The second-order valence-corrected chi connectivity index (χ2v) is 12.6. The van der Waals surface area contributed by atoms with Gasteiger partial charge in [0.15, 0.2) is 0 Å². The number of nitrogens with two attached hydrogens (primary N) is 1. The molecule has 2 saturated heterocycles. The minimum Gasteiger partial charge on any atom is -0.400 e. The van der Waals surface area contributed by atoms with Gasteiger partial charge in [-0.1, -0.05) is 7.43 Å². The highest BCUT2D eigenvalue weighted by molar-refractivity contribution is 7.13. The van der Waals surface area contributed by atoms with Gasteiger partial charge in [-0.25, -0.2) is 47.5 Å². The van der Waals surface area contributed by atoms with Crippen LogP contribution in [0.5, 0.6) is 0 Å². The molecule has 0 aromatic carbocycles. The van der Waals surface area contributed by atoms with E-state index in [1.165, 1.54) is 29.6 Å². The van der Waals surface area contributed by atoms with Gasteiger partial charge in [0.25, 0.3) is 11.8 Å². The summed E-state index contributed by atoms with van der Waals surface area (Å²) in [6.45, 7) is 2.70. The third kappa shape index (κ3) is 6.32. The number of alkyl halides is 4. The first-order valence-corrected chi connectivity index (χ1v) is 15.6. The number of hydrogen-bond acceptors (Lipinski definition) is 13. The van der Waals surface area contributed by atoms with Crippen molar-refractivity contribution in [3.8, 4) is 21.1 Å². The molecule has 18 heteroatoms. The minimum absolute atomic E-state index is 0. The van der Waals surface area contributed by atoms with E-state index in [2.05, 4.69) is 35.2 Å². The van der Waals surface area contributed by atoms with Gasteiger partial charge in [-0.2, -0.15) is 0 Å². The van der Waals surface area contributed by atoms with Gasteiger partial charge in [0, 0.05) is 86.9 Å². The van der Waals surface area contributed by atoms with E-state index >= 15 is 0 Å². The lowest BCUT2D eigenvalue weighted by Gasteiger charge is -2.19. The van der Waals surface area contributed by atoms with E-state index in [0.29, 0.717) is 54.7 Å². The Bertz CT molecular complexity index is 1640. The quantitative estimate of drug-likeness (QED) is 0.257. The highest BCUT2D eigenvalue weighted by Gasteiger charge is 2.72. The zero-order valence-corrected chi connectivity index (χ0v) is 25.6. The average Bonchev–Trinajstić information content (AvgIpc) is 3.60. The van der Waals surface area contributed by atoms with Gasteiger partial charge in [-0.15, -0.1) is 22.7 Å². The van der Waals surface area contributed by atoms with Gasteiger partial charge < -0.3 is 26.0 Å². The van der Waals surface area contributed by atoms with Gasteiger partial charge in [0.05, 0.1) is 23.7 Å². The maximum absolute atomic E-state index is 13.2. The summed E-state index contributed by atoms with van der Waals surface area (Å²) >= 11 is 2.79. The second-order valence-electron chi connectivity index (χ2n) is 10.9. The van der Waals surface area contributed by atoms with E-state index in [1.807, 2.05) is 4.90 Å². The maximum atomic E-state index is 13.2. The highest BCUT2D eigenvalue weighted by atomic mass is 32.1. The number of nitrogens with zero attached hydrogens (tertiary/aromatic N) is 8. The predicted octanol–water partition coefficient (Wildman–Crippen LogP) is 4.39. The van der Waals surface area contributed by atoms with Crippen LogP contribution in [0, 0.1) is 23.7 Å². The summed E-state index contributed by atoms with van der Waals surface area (Å²) < 4.78 is 52.7. The van der Waals surface area contributed by atoms with Gasteiger partial charge in [-0.05, 0) is 0 Å². The zero-order valence-electron chi connectivity index (χ0n) is 23.9. The van der Waals surface area contributed by atoms with Crippen molar-refractivity contribution in [1.29, 1.82) is 0 Å². The number of carbonyl (C=O) groups is 1. The number of anilines is 4. The molecule has 46 heavy (non-hydrogen) atoms. The summed E-state index contributed by atoms with van der Waals surface area (Å²) in [7, 11) is 1.00. The van der Waals surface area contributed by atoms with E-state index < -0.39 is 35.5 Å². The summed E-state index contributed by atoms with van der Waals surface area (Å²) in [5.41, 5.74) is 7.08. The average molecular weight is 681 g/mol. The molecule has 4 unspecified atom stereocenters. The Hall–Kier alpha value is -4.03. The SMILES string of the molecule is C.CC(=O)Nc1csc(-c2cnc(N3CC4C(C3)C4(F)F)nc2)n1.CO.Nc1csc(-c2cnc(N3CC4C(C3)C4(F)F)nc2)n1. The molecular weight excluding hydrogens is 649 g/mol. The molecule has 6 heterocycles. The number of fused-ring (bicyclic) bond motifs is 2. The Morgan fingerprint density at radius 3 is 1.57 bits per heavy atom. The van der Waals surface area contributed by atoms with E-state index in [9.17, 15) is 22.4 Å². The van der Waals surface area contributed by atoms with Crippen molar-refractivity contribution < 1.29 is 27.5 Å². The van der Waals surface area contributed by atoms with Gasteiger partial charge in [0.1, 0.15) is 21.7 Å². The third-order valence-electron chi connectivity index (χ3n) is 8.07. The maximum Gasteiger partial charge on any atom is 0.258 e. The molecule has 8 rings (SSSR count). The number of amides is 1. The molecule has 4 atom stereocenters. The van der Waals surface area contributed by atoms with Crippen molar-refractivity contribution in [2.24, 2.45) is 23.7 Å². The number of carbonyl (C=O) groups excluding carboxylic acids is 1. The summed E-state index contributed by atoms with van der Waals surface area (Å²) in [5.74, 6) is -5.38. The molecule has 2 aliphatic carbocycles. The second kappa shape index (κ2) is 12.6. The highest BCUT2D eigenvalue weighted by Crippen LogP contribution is 2.60. The lowest BCUT2D eigenvalue weighted by atomic mass is 10.3. The molecule has 4 aliphatic rings. The first-order valence-electron chi connectivity index (χ1n) is 13.8. The number of thiazole rings is 2. The Labute approximate surface area is 269 Å². The molecule has 246 valence electrons. The number of aliphatic hydroxyl groups is 1. The van der Waals surface area contributed by atoms with Crippen molar-refractivity contribution in [2.75, 3.05) is 54.1 Å². The number of aliphatic hydroxyl groups excluding tert-OH is 1. The largest absolute Gasteiger partial charge is 0.400 e. The Balaban J connectivity index is 0.000000170. The summed E-state index contributed by atoms with van der Waals surface area (Å²) in [6, 6.07) is 0. The smallest absolute Gasteiger partial charge is 0.258 e. The van der Waals surface area contributed by atoms with Crippen molar-refractivity contribution >= 4 is 52.1 Å². The molecule has 0 bridgehead atoms. The van der Waals surface area contributed by atoms with Crippen molar-refractivity contribution in [3.63, 3.8) is 0 Å². The van der Waals surface area contributed by atoms with Crippen molar-refractivity contribution in [1.82, 2.24) is 29.9 Å². The zero-order chi connectivity index (χ0) is 32.1. The molecule has 2 aliphatic heterocycles. The van der Waals surface area contributed by atoms with Crippen molar-refractivity contribution in [2.45, 2.75) is 26.2 Å². The summed E-state index contributed by atoms with van der Waals surface area (Å²) in [5, 5.41) is 14.5. The number of aromatic nitrogens is 6. The number of rotatable bonds is 5. The van der Waals surface area contributed by atoms with Crippen LogP contribution in [0.4, 0.5) is 41.1 Å². The molecule has 0 radical (unpaired) electrons. The van der Waals surface area contributed by atoms with Crippen LogP contribution < -0.4 is 20.9 Å². The summed E-state index contributed by atoms with van der Waals surface area (Å²) in [6.07, 6.45) is 6.56. The van der Waals surface area contributed by atoms with Crippen LogP contribution in [-0.2, 0) is 4.79 Å². The lowest BCUT2D eigenvalue weighted by Crippen LogP contribution is -2.28. The topological polar surface area (TPSA) is 159 Å². The molecule has 4 N–H and O–H groups in total. The van der Waals surface area contributed by atoms with Crippen LogP contribution in [-0.4, -0.2) is 86.1 Å². The van der Waals surface area contributed by atoms with E-state index in [4.69, 9.17) is 10.8 Å². The number of nitrogens with one attached hydrogen (secondary N) is 1. The van der Waals surface area contributed by atoms with E-state index in [1.54, 1.807) is 40.4 Å². The fourth-order valence-electron chi connectivity index (χ4n) is 5.60. The normalized spacial score (nSPS) is 23.9. The molecule has 1 amide bonds. The number of nitrogen functional groups attached to an aromatic ring is 1. The van der Waals surface area contributed by atoms with E-state index in [-0.39, 0.29) is 13.3 Å². The molecule has 4 fully saturated rings. The molecular formula is C28H32F4N10O2S2. The Morgan fingerprint density at radius 2 is 1.20 bits per heavy atom. The molecule has 4 aromatic rings. The van der Waals surface area contributed by atoms with Gasteiger partial charge in [0.2, 0.25) is 17.8 Å². The fraction of sp³-hybridized carbons (Fsp3) is 0.464. The van der Waals surface area contributed by atoms with Gasteiger partial charge >= 0.3 is 0 Å². The monoisotopic (exact) mass is 680 g/mol. The van der Waals surface area contributed by atoms with Crippen LogP contribution in [0.1, 0.15) is 14.4 Å². The number of hydrogen-bond donors (Lipinski definition) is 3. The lowest BCUT2D eigenvalue weighted by molar-refractivity contribution is -0.114. The molecule has 12 nitrogen and oxygen atoms in total. The summed E-state index contributed by atoms with van der Waals surface area (Å²) in [4.78, 5) is 40.0. The van der Waals surface area contributed by atoms with Gasteiger partial charge in [-0.3, -0.25) is 4.79 Å². The van der Waals surface area contributed by atoms with E-state index in [0.717, 1.165) is 23.2 Å². The number of halogens is 4. The first-order chi connectivity index (χ1) is 21.5. The van der Waals surface area contributed by atoms with Crippen LogP contribution in [0.15, 0.2) is 35.5 Å². The predicted molar refractivity (Wildman–Crippen MR) is 168 cm³/mol. The third-order valence-corrected chi connectivity index (χ3v) is 9.87. The van der Waals surface area contributed by atoms with Crippen LogP contribution in [0.25, 0.3) is 21.1 Å². The minimum atomic E-state index is -2.50. The standard InChI is InChI=1S/C14H13F2N5OS.C12H11F2N5S.CH4O.CH4/c1-7(22)19-11-6-23-12(20-11)8-2-17-13(18-3-8)21-4-9-10(5-21)14(9,15)16;13-12(14)7-3-19(4-8(7)12)11-16-1-6(2-17-11)10-18-9(15)5-20-10;1-2;/h2-3,6,9-10H,4-5H2,1H3,(H,19,22);1-2,5,7-8H,3-4,15H2;2H,1H3;1H4. The van der Waals surface area contributed by atoms with Crippen LogP contribution in [0.2, 0.25) is 0 Å². The van der Waals surface area contributed by atoms with Crippen molar-refractivity contribution in [3.05, 3.63) is 35.5 Å². The van der Waals surface area contributed by atoms with Crippen LogP contribution in [0.3, 0.4) is 0 Å². The fourth-order valence-corrected chi connectivity index (χ4v) is 7.01. The molecule has 0 spiro atoms. The first kappa shape index (κ1) is 33.3. The Kier molecular flexibility index (Phi) is 9.16. The molecule has 2 saturated carbocycles.